The number of carbonyl (C=O) groups excluding carboxylic acids is 2. The summed E-state index contributed by atoms with van der Waals surface area (Å²) in [6, 6.07) is 16.6. The van der Waals surface area contributed by atoms with Crippen LogP contribution in [0, 0.1) is 12.7 Å². The fourth-order valence-electron chi connectivity index (χ4n) is 3.46. The lowest BCUT2D eigenvalue weighted by Gasteiger charge is -2.15. The standard InChI is InChI=1S/C26H20ClFN2O4S2/c1-15-6-5-7-17(10-15)30-25(32)22(36-26(30)35)13-16-11-18(27)24(21(12-16)33-2)34-14-23(31)29-20-9-4-3-8-19(20)28/h3-13H,14H2,1-2H3,(H,29,31)/b22-13-. The number of hydrogen-bond donors (Lipinski definition) is 1. The zero-order valence-corrected chi connectivity index (χ0v) is 21.6. The van der Waals surface area contributed by atoms with Crippen LogP contribution in [-0.2, 0) is 9.59 Å². The number of thiocarbonyl (C=S) groups is 1. The van der Waals surface area contributed by atoms with Crippen LogP contribution in [0.15, 0.2) is 65.6 Å². The van der Waals surface area contributed by atoms with E-state index < -0.39 is 18.3 Å². The van der Waals surface area contributed by atoms with Gasteiger partial charge in [-0.15, -0.1) is 0 Å². The SMILES string of the molecule is COc1cc(/C=C2\SC(=S)N(c3cccc(C)c3)C2=O)cc(Cl)c1OCC(=O)Nc1ccccc1F. The lowest BCUT2D eigenvalue weighted by Crippen LogP contribution is -2.27. The first kappa shape index (κ1) is 25.7. The van der Waals surface area contributed by atoms with E-state index in [2.05, 4.69) is 5.32 Å². The van der Waals surface area contributed by atoms with Crippen molar-refractivity contribution in [1.82, 2.24) is 0 Å². The maximum Gasteiger partial charge on any atom is 0.270 e. The highest BCUT2D eigenvalue weighted by molar-refractivity contribution is 8.27. The van der Waals surface area contributed by atoms with Gasteiger partial charge in [0.2, 0.25) is 0 Å². The zero-order chi connectivity index (χ0) is 25.8. The summed E-state index contributed by atoms with van der Waals surface area (Å²) >= 11 is 13.0. The number of carbonyl (C=O) groups is 2. The third-order valence-corrected chi connectivity index (χ3v) is 6.68. The molecule has 1 fully saturated rings. The van der Waals surface area contributed by atoms with E-state index in [4.69, 9.17) is 33.3 Å². The van der Waals surface area contributed by atoms with Crippen LogP contribution in [-0.4, -0.2) is 29.9 Å². The molecule has 0 aromatic heterocycles. The van der Waals surface area contributed by atoms with Gasteiger partial charge in [0.05, 0.1) is 28.4 Å². The molecule has 1 aliphatic rings. The van der Waals surface area contributed by atoms with Crippen molar-refractivity contribution >= 4 is 69.2 Å². The topological polar surface area (TPSA) is 67.9 Å². The Balaban J connectivity index is 1.51. The van der Waals surface area contributed by atoms with Crippen molar-refractivity contribution in [2.24, 2.45) is 0 Å². The van der Waals surface area contributed by atoms with Crippen LogP contribution in [0.5, 0.6) is 11.5 Å². The second-order valence-electron chi connectivity index (χ2n) is 7.71. The van der Waals surface area contributed by atoms with Crippen molar-refractivity contribution in [1.29, 1.82) is 0 Å². The van der Waals surface area contributed by atoms with Gasteiger partial charge in [0, 0.05) is 0 Å². The Labute approximate surface area is 222 Å². The van der Waals surface area contributed by atoms with Gasteiger partial charge in [-0.2, -0.15) is 0 Å². The Morgan fingerprint density at radius 3 is 2.69 bits per heavy atom. The first-order valence-electron chi connectivity index (χ1n) is 10.7. The van der Waals surface area contributed by atoms with E-state index in [-0.39, 0.29) is 28.1 Å². The van der Waals surface area contributed by atoms with Crippen molar-refractivity contribution in [2.45, 2.75) is 6.92 Å². The molecule has 3 aromatic rings. The Morgan fingerprint density at radius 2 is 1.97 bits per heavy atom. The Hall–Kier alpha value is -3.40. The molecule has 6 nitrogen and oxygen atoms in total. The molecule has 1 heterocycles. The third-order valence-electron chi connectivity index (χ3n) is 5.10. The van der Waals surface area contributed by atoms with Crippen LogP contribution < -0.4 is 19.7 Å². The summed E-state index contributed by atoms with van der Waals surface area (Å²) in [5.74, 6) is -0.953. The van der Waals surface area contributed by atoms with E-state index in [1.165, 1.54) is 42.0 Å². The molecule has 1 saturated heterocycles. The lowest BCUT2D eigenvalue weighted by atomic mass is 10.1. The summed E-state index contributed by atoms with van der Waals surface area (Å²) in [5.41, 5.74) is 2.35. The van der Waals surface area contributed by atoms with Crippen LogP contribution in [0.25, 0.3) is 6.08 Å². The largest absolute Gasteiger partial charge is 0.493 e. The number of nitrogens with zero attached hydrogens (tertiary/aromatic N) is 1. The highest BCUT2D eigenvalue weighted by Crippen LogP contribution is 2.40. The van der Waals surface area contributed by atoms with E-state index in [0.717, 1.165) is 5.56 Å². The molecule has 0 saturated carbocycles. The van der Waals surface area contributed by atoms with Crippen LogP contribution in [0.3, 0.4) is 0 Å². The molecular weight excluding hydrogens is 523 g/mol. The number of methoxy groups -OCH3 is 1. The number of benzene rings is 3. The summed E-state index contributed by atoms with van der Waals surface area (Å²) in [4.78, 5) is 27.2. The monoisotopic (exact) mass is 542 g/mol. The molecule has 0 radical (unpaired) electrons. The molecule has 10 heteroatoms. The third kappa shape index (κ3) is 5.70. The van der Waals surface area contributed by atoms with Gasteiger partial charge >= 0.3 is 0 Å². The Kier molecular flexibility index (Phi) is 7.93. The number of halogens is 2. The minimum Gasteiger partial charge on any atom is -0.493 e. The molecule has 184 valence electrons. The number of anilines is 2. The molecule has 2 amide bonds. The molecule has 4 rings (SSSR count). The maximum absolute atomic E-state index is 13.8. The number of para-hydroxylation sites is 1. The highest BCUT2D eigenvalue weighted by atomic mass is 35.5. The van der Waals surface area contributed by atoms with Crippen molar-refractivity contribution in [3.8, 4) is 11.5 Å². The quantitative estimate of drug-likeness (QED) is 0.282. The van der Waals surface area contributed by atoms with Crippen LogP contribution in [0.1, 0.15) is 11.1 Å². The van der Waals surface area contributed by atoms with Crippen LogP contribution in [0.2, 0.25) is 5.02 Å². The Bertz CT molecular complexity index is 1400. The normalized spacial score (nSPS) is 14.3. The molecule has 3 aromatic carbocycles. The van der Waals surface area contributed by atoms with Crippen molar-refractivity contribution in [3.05, 3.63) is 87.5 Å². The van der Waals surface area contributed by atoms with Gasteiger partial charge in [0.25, 0.3) is 11.8 Å². The fourth-order valence-corrected chi connectivity index (χ4v) is 5.03. The zero-order valence-electron chi connectivity index (χ0n) is 19.2. The van der Waals surface area contributed by atoms with Crippen LogP contribution in [0.4, 0.5) is 15.8 Å². The molecule has 0 spiro atoms. The minimum absolute atomic E-state index is 0.0440. The van der Waals surface area contributed by atoms with E-state index in [0.29, 0.717) is 20.5 Å². The predicted octanol–water partition coefficient (Wildman–Crippen LogP) is 6.22. The second kappa shape index (κ2) is 11.1. The summed E-state index contributed by atoms with van der Waals surface area (Å²) in [6.45, 7) is 1.53. The average molecular weight is 543 g/mol. The number of nitrogens with one attached hydrogen (secondary N) is 1. The number of aryl methyl sites for hydroxylation is 1. The summed E-state index contributed by atoms with van der Waals surface area (Å²) in [5, 5.41) is 2.61. The summed E-state index contributed by atoms with van der Waals surface area (Å²) in [7, 11) is 1.43. The molecule has 1 N–H and O–H groups in total. The Morgan fingerprint density at radius 1 is 1.19 bits per heavy atom. The number of ether oxygens (including phenoxy) is 2. The molecule has 36 heavy (non-hydrogen) atoms. The van der Waals surface area contributed by atoms with Gasteiger partial charge in [0.1, 0.15) is 5.82 Å². The molecule has 0 unspecified atom stereocenters. The minimum atomic E-state index is -0.567. The van der Waals surface area contributed by atoms with Gasteiger partial charge < -0.3 is 14.8 Å². The average Bonchev–Trinajstić information content (AvgIpc) is 3.12. The first-order chi connectivity index (χ1) is 17.3. The first-order valence-corrected chi connectivity index (χ1v) is 12.3. The number of thioether (sulfide) groups is 1. The molecule has 1 aliphatic heterocycles. The molecular formula is C26H20ClFN2O4S2. The summed E-state index contributed by atoms with van der Waals surface area (Å²) in [6.07, 6.45) is 1.66. The van der Waals surface area contributed by atoms with Crippen LogP contribution >= 0.6 is 35.6 Å². The van der Waals surface area contributed by atoms with Gasteiger partial charge in [0.15, 0.2) is 22.4 Å². The second-order valence-corrected chi connectivity index (χ2v) is 9.79. The van der Waals surface area contributed by atoms with E-state index in [9.17, 15) is 14.0 Å². The van der Waals surface area contributed by atoms with Crippen molar-refractivity contribution in [2.75, 3.05) is 23.9 Å². The smallest absolute Gasteiger partial charge is 0.270 e. The van der Waals surface area contributed by atoms with Gasteiger partial charge in [-0.3, -0.25) is 14.5 Å². The van der Waals surface area contributed by atoms with Crippen molar-refractivity contribution in [3.63, 3.8) is 0 Å². The van der Waals surface area contributed by atoms with E-state index in [1.54, 1.807) is 24.3 Å². The van der Waals surface area contributed by atoms with Gasteiger partial charge in [-0.25, -0.2) is 4.39 Å². The highest BCUT2D eigenvalue weighted by Gasteiger charge is 2.33. The van der Waals surface area contributed by atoms with E-state index >= 15 is 0 Å². The van der Waals surface area contributed by atoms with Gasteiger partial charge in [-0.05, 0) is 60.5 Å². The fraction of sp³-hybridized carbons (Fsp3) is 0.115. The predicted molar refractivity (Wildman–Crippen MR) is 145 cm³/mol. The maximum atomic E-state index is 13.8. The summed E-state index contributed by atoms with van der Waals surface area (Å²) < 4.78 is 25.1. The van der Waals surface area contributed by atoms with E-state index in [1.807, 2.05) is 31.2 Å². The number of rotatable bonds is 7. The van der Waals surface area contributed by atoms with Crippen molar-refractivity contribution < 1.29 is 23.5 Å². The van der Waals surface area contributed by atoms with Gasteiger partial charge in [-0.1, -0.05) is 59.8 Å². The molecule has 0 bridgehead atoms. The number of hydrogen-bond acceptors (Lipinski definition) is 6. The molecule has 0 atom stereocenters. The number of amides is 2. The molecule has 0 aliphatic carbocycles. The lowest BCUT2D eigenvalue weighted by molar-refractivity contribution is -0.118.